The number of carbonyl (C=O) groups excluding carboxylic acids is 1. The number of nitrogens with one attached hydrogen (secondary N) is 2. The highest BCUT2D eigenvalue weighted by Gasteiger charge is 2.15. The van der Waals surface area contributed by atoms with E-state index in [2.05, 4.69) is 40.8 Å². The zero-order valence-corrected chi connectivity index (χ0v) is 12.3. The van der Waals surface area contributed by atoms with Crippen LogP contribution in [-0.4, -0.2) is 19.5 Å². The number of benzene rings is 2. The maximum atomic E-state index is 11.1. The average molecular weight is 281 g/mol. The number of carbonyl (C=O) groups is 1. The molecule has 1 aliphatic heterocycles. The molecule has 0 fully saturated rings. The van der Waals surface area contributed by atoms with Crippen LogP contribution in [0.5, 0.6) is 0 Å². The lowest BCUT2D eigenvalue weighted by Gasteiger charge is -2.13. The third-order valence-corrected chi connectivity index (χ3v) is 3.68. The van der Waals surface area contributed by atoms with Crippen LogP contribution in [0.1, 0.15) is 12.5 Å². The molecule has 0 bridgehead atoms. The molecule has 0 radical (unpaired) electrons. The van der Waals surface area contributed by atoms with Gasteiger partial charge in [0.15, 0.2) is 0 Å². The zero-order valence-electron chi connectivity index (χ0n) is 12.3. The first-order valence-electron chi connectivity index (χ1n) is 7.10. The molecule has 1 heterocycles. The number of nitrogens with zero attached hydrogens (tertiary/aromatic N) is 1. The molecule has 4 heteroatoms. The molecule has 0 aliphatic carbocycles. The van der Waals surface area contributed by atoms with Crippen molar-refractivity contribution in [3.05, 3.63) is 48.0 Å². The number of anilines is 4. The summed E-state index contributed by atoms with van der Waals surface area (Å²) >= 11 is 0. The van der Waals surface area contributed by atoms with Crippen LogP contribution >= 0.6 is 0 Å². The molecular formula is C17H19N3O. The second-order valence-electron chi connectivity index (χ2n) is 5.40. The number of rotatable bonds is 3. The van der Waals surface area contributed by atoms with Crippen LogP contribution < -0.4 is 15.5 Å². The van der Waals surface area contributed by atoms with Gasteiger partial charge in [-0.3, -0.25) is 4.79 Å². The number of fused-ring (bicyclic) bond motifs is 1. The van der Waals surface area contributed by atoms with Gasteiger partial charge in [0.05, 0.1) is 0 Å². The second kappa shape index (κ2) is 5.48. The van der Waals surface area contributed by atoms with Gasteiger partial charge in [-0.05, 0) is 48.4 Å². The summed E-state index contributed by atoms with van der Waals surface area (Å²) in [5, 5.41) is 6.19. The minimum atomic E-state index is -0.0623. The molecule has 3 rings (SSSR count). The Morgan fingerprint density at radius 3 is 2.67 bits per heavy atom. The fourth-order valence-corrected chi connectivity index (χ4v) is 2.69. The van der Waals surface area contributed by atoms with Crippen molar-refractivity contribution in [3.63, 3.8) is 0 Å². The molecule has 21 heavy (non-hydrogen) atoms. The predicted octanol–water partition coefficient (Wildman–Crippen LogP) is 3.38. The van der Waals surface area contributed by atoms with Gasteiger partial charge in [-0.1, -0.05) is 6.07 Å². The number of hydrogen-bond donors (Lipinski definition) is 2. The Kier molecular flexibility index (Phi) is 3.52. The fourth-order valence-electron chi connectivity index (χ4n) is 2.69. The van der Waals surface area contributed by atoms with E-state index in [0.29, 0.717) is 0 Å². The van der Waals surface area contributed by atoms with Crippen LogP contribution in [0, 0.1) is 0 Å². The zero-order chi connectivity index (χ0) is 14.8. The van der Waals surface area contributed by atoms with Gasteiger partial charge in [0.1, 0.15) is 0 Å². The summed E-state index contributed by atoms with van der Waals surface area (Å²) in [5.74, 6) is -0.0623. The molecule has 4 nitrogen and oxygen atoms in total. The lowest BCUT2D eigenvalue weighted by Crippen LogP contribution is -2.12. The van der Waals surface area contributed by atoms with Crippen LogP contribution in [0.3, 0.4) is 0 Å². The summed E-state index contributed by atoms with van der Waals surface area (Å²) in [5.41, 5.74) is 5.53. The normalized spacial score (nSPS) is 13.0. The van der Waals surface area contributed by atoms with Crippen LogP contribution in [-0.2, 0) is 11.2 Å². The summed E-state index contributed by atoms with van der Waals surface area (Å²) in [6.45, 7) is 2.59. The van der Waals surface area contributed by atoms with E-state index in [1.54, 1.807) is 0 Å². The summed E-state index contributed by atoms with van der Waals surface area (Å²) < 4.78 is 0. The van der Waals surface area contributed by atoms with Crippen LogP contribution in [0.25, 0.3) is 0 Å². The number of amides is 1. The molecule has 108 valence electrons. The highest BCUT2D eigenvalue weighted by atomic mass is 16.1. The van der Waals surface area contributed by atoms with Crippen LogP contribution in [0.2, 0.25) is 0 Å². The predicted molar refractivity (Wildman–Crippen MR) is 87.4 cm³/mol. The van der Waals surface area contributed by atoms with E-state index in [-0.39, 0.29) is 5.91 Å². The van der Waals surface area contributed by atoms with Crippen LogP contribution in [0.15, 0.2) is 42.5 Å². The first-order valence-corrected chi connectivity index (χ1v) is 7.10. The summed E-state index contributed by atoms with van der Waals surface area (Å²) in [6.07, 6.45) is 1.09. The van der Waals surface area contributed by atoms with Crippen molar-refractivity contribution in [1.82, 2.24) is 0 Å². The van der Waals surface area contributed by atoms with Gasteiger partial charge in [-0.2, -0.15) is 0 Å². The molecule has 2 N–H and O–H groups in total. The van der Waals surface area contributed by atoms with Crippen molar-refractivity contribution in [1.29, 1.82) is 0 Å². The summed E-state index contributed by atoms with van der Waals surface area (Å²) in [7, 11) is 2.12. The standard InChI is InChI=1S/C17H19N3O/c1-12(21)18-14-4-3-5-15(11-14)19-16-6-7-17-13(10-16)8-9-20(17)2/h3-7,10-11,19H,8-9H2,1-2H3,(H,18,21). The molecule has 0 saturated heterocycles. The number of likely N-dealkylation sites (N-methyl/N-ethyl adjacent to an activating group) is 1. The van der Waals surface area contributed by atoms with E-state index in [0.717, 1.165) is 30.0 Å². The molecule has 1 amide bonds. The topological polar surface area (TPSA) is 44.4 Å². The minimum Gasteiger partial charge on any atom is -0.374 e. The van der Waals surface area contributed by atoms with E-state index < -0.39 is 0 Å². The molecular weight excluding hydrogens is 262 g/mol. The molecule has 0 atom stereocenters. The largest absolute Gasteiger partial charge is 0.374 e. The van der Waals surface area contributed by atoms with E-state index in [4.69, 9.17) is 0 Å². The third-order valence-electron chi connectivity index (χ3n) is 3.68. The first kappa shape index (κ1) is 13.5. The van der Waals surface area contributed by atoms with Gasteiger partial charge in [0, 0.05) is 43.3 Å². The molecule has 0 unspecified atom stereocenters. The summed E-state index contributed by atoms with van der Waals surface area (Å²) in [4.78, 5) is 13.4. The maximum Gasteiger partial charge on any atom is 0.221 e. The van der Waals surface area contributed by atoms with E-state index in [1.807, 2.05) is 24.3 Å². The highest BCUT2D eigenvalue weighted by molar-refractivity contribution is 5.89. The van der Waals surface area contributed by atoms with Gasteiger partial charge in [-0.15, -0.1) is 0 Å². The highest BCUT2D eigenvalue weighted by Crippen LogP contribution is 2.30. The Morgan fingerprint density at radius 1 is 1.10 bits per heavy atom. The second-order valence-corrected chi connectivity index (χ2v) is 5.40. The van der Waals surface area contributed by atoms with Gasteiger partial charge in [0.2, 0.25) is 5.91 Å². The lowest BCUT2D eigenvalue weighted by atomic mass is 10.1. The van der Waals surface area contributed by atoms with Crippen molar-refractivity contribution in [2.24, 2.45) is 0 Å². The Hall–Kier alpha value is -2.49. The lowest BCUT2D eigenvalue weighted by molar-refractivity contribution is -0.114. The summed E-state index contributed by atoms with van der Waals surface area (Å²) in [6, 6.07) is 14.2. The van der Waals surface area contributed by atoms with Crippen molar-refractivity contribution >= 4 is 28.7 Å². The van der Waals surface area contributed by atoms with Gasteiger partial charge in [-0.25, -0.2) is 0 Å². The van der Waals surface area contributed by atoms with Crippen molar-refractivity contribution in [2.45, 2.75) is 13.3 Å². The van der Waals surface area contributed by atoms with E-state index in [9.17, 15) is 4.79 Å². The molecule has 1 aliphatic rings. The maximum absolute atomic E-state index is 11.1. The third kappa shape index (κ3) is 2.99. The molecule has 2 aromatic rings. The Labute approximate surface area is 124 Å². The van der Waals surface area contributed by atoms with E-state index >= 15 is 0 Å². The minimum absolute atomic E-state index is 0.0623. The Balaban J connectivity index is 1.79. The quantitative estimate of drug-likeness (QED) is 0.906. The fraction of sp³-hybridized carbons (Fsp3) is 0.235. The van der Waals surface area contributed by atoms with Crippen LogP contribution in [0.4, 0.5) is 22.7 Å². The van der Waals surface area contributed by atoms with Gasteiger partial charge >= 0.3 is 0 Å². The van der Waals surface area contributed by atoms with Crippen molar-refractivity contribution in [2.75, 3.05) is 29.1 Å². The van der Waals surface area contributed by atoms with E-state index in [1.165, 1.54) is 18.2 Å². The monoisotopic (exact) mass is 281 g/mol. The van der Waals surface area contributed by atoms with Crippen molar-refractivity contribution < 1.29 is 4.79 Å². The number of hydrogen-bond acceptors (Lipinski definition) is 3. The van der Waals surface area contributed by atoms with Gasteiger partial charge < -0.3 is 15.5 Å². The van der Waals surface area contributed by atoms with Crippen molar-refractivity contribution in [3.8, 4) is 0 Å². The Bertz CT molecular complexity index is 681. The Morgan fingerprint density at radius 2 is 1.86 bits per heavy atom. The molecule has 0 saturated carbocycles. The molecule has 2 aromatic carbocycles. The first-order chi connectivity index (χ1) is 10.1. The molecule has 0 aromatic heterocycles. The smallest absolute Gasteiger partial charge is 0.221 e. The average Bonchev–Trinajstić information content (AvgIpc) is 2.80. The van der Waals surface area contributed by atoms with Gasteiger partial charge in [0.25, 0.3) is 0 Å². The SMILES string of the molecule is CC(=O)Nc1cccc(Nc2ccc3c(c2)CCN3C)c1. The molecule has 0 spiro atoms.